The zero-order valence-corrected chi connectivity index (χ0v) is 19.1. The Morgan fingerprint density at radius 3 is 2.61 bits per heavy atom. The van der Waals surface area contributed by atoms with Gasteiger partial charge >= 0.3 is 6.09 Å². The normalized spacial score (nSPS) is 14.2. The highest BCUT2D eigenvalue weighted by Gasteiger charge is 2.22. The summed E-state index contributed by atoms with van der Waals surface area (Å²) in [5.41, 5.74) is 10.2. The molecule has 1 aliphatic rings. The van der Waals surface area contributed by atoms with E-state index in [1.54, 1.807) is 17.6 Å². The number of nitrogens with zero attached hydrogens (tertiary/aromatic N) is 4. The van der Waals surface area contributed by atoms with Crippen molar-refractivity contribution in [2.24, 2.45) is 11.7 Å². The molecular weight excluding hydrogens is 438 g/mol. The molecule has 9 heteroatoms. The van der Waals surface area contributed by atoms with Crippen LogP contribution in [0.3, 0.4) is 0 Å². The van der Waals surface area contributed by atoms with Gasteiger partial charge in [-0.25, -0.2) is 14.8 Å². The van der Waals surface area contributed by atoms with Gasteiger partial charge in [-0.2, -0.15) is 0 Å². The van der Waals surface area contributed by atoms with Crippen LogP contribution in [0.2, 0.25) is 0 Å². The number of primary amides is 1. The summed E-state index contributed by atoms with van der Waals surface area (Å²) in [6, 6.07) is 11.2. The van der Waals surface area contributed by atoms with Gasteiger partial charge in [-0.15, -0.1) is 11.3 Å². The summed E-state index contributed by atoms with van der Waals surface area (Å²) >= 11 is 1.48. The number of benzene rings is 1. The van der Waals surface area contributed by atoms with E-state index < -0.39 is 12.0 Å². The van der Waals surface area contributed by atoms with Crippen LogP contribution in [-0.2, 0) is 6.54 Å². The van der Waals surface area contributed by atoms with Crippen molar-refractivity contribution in [1.29, 1.82) is 0 Å². The van der Waals surface area contributed by atoms with Crippen LogP contribution >= 0.6 is 11.3 Å². The maximum Gasteiger partial charge on any atom is 0.407 e. The zero-order chi connectivity index (χ0) is 23.2. The number of rotatable bonds is 8. The minimum Gasteiger partial charge on any atom is -0.465 e. The molecule has 1 aliphatic heterocycles. The molecule has 0 bridgehead atoms. The van der Waals surface area contributed by atoms with E-state index in [2.05, 4.69) is 14.9 Å². The number of hydrogen-bond donors (Lipinski definition) is 2. The number of nitrogens with two attached hydrogens (primary N) is 1. The van der Waals surface area contributed by atoms with E-state index >= 15 is 0 Å². The van der Waals surface area contributed by atoms with Crippen LogP contribution in [0.1, 0.15) is 35.3 Å². The molecule has 0 spiro atoms. The van der Waals surface area contributed by atoms with Gasteiger partial charge in [0.1, 0.15) is 5.82 Å². The lowest BCUT2D eigenvalue weighted by Crippen LogP contribution is -2.36. The fourth-order valence-corrected chi connectivity index (χ4v) is 4.69. The number of anilines is 1. The van der Waals surface area contributed by atoms with E-state index in [1.807, 2.05) is 35.8 Å². The molecule has 1 aromatic carbocycles. The second kappa shape index (κ2) is 10.4. The maximum absolute atomic E-state index is 11.6. The molecule has 0 atom stereocenters. The third-order valence-electron chi connectivity index (χ3n) is 6.08. The standard InChI is InChI=1S/C24H27N5O3S/c25-23(30)19-3-1-2-18(12-19)20-4-5-22(26-13-20)28-9-6-17(7-10-28)8-11-29(24(31)32)14-21-15-33-16-27-21/h1-5,12-13,15-17H,6-11,14H2,(H2,25,30)(H,31,32). The minimum atomic E-state index is -0.897. The van der Waals surface area contributed by atoms with Crippen LogP contribution in [0.4, 0.5) is 10.6 Å². The fraction of sp³-hybridized carbons (Fsp3) is 0.333. The highest BCUT2D eigenvalue weighted by atomic mass is 32.1. The molecule has 172 valence electrons. The predicted octanol–water partition coefficient (Wildman–Crippen LogP) is 4.09. The van der Waals surface area contributed by atoms with E-state index in [4.69, 9.17) is 5.73 Å². The van der Waals surface area contributed by atoms with E-state index in [1.165, 1.54) is 16.2 Å². The molecule has 1 fully saturated rings. The van der Waals surface area contributed by atoms with Gasteiger partial charge in [0.2, 0.25) is 5.91 Å². The van der Waals surface area contributed by atoms with Crippen LogP contribution in [0.5, 0.6) is 0 Å². The third-order valence-corrected chi connectivity index (χ3v) is 6.72. The van der Waals surface area contributed by atoms with Gasteiger partial charge in [0.15, 0.2) is 0 Å². The first-order chi connectivity index (χ1) is 16.0. The molecule has 0 aliphatic carbocycles. The van der Waals surface area contributed by atoms with Crippen molar-refractivity contribution in [3.05, 3.63) is 64.7 Å². The predicted molar refractivity (Wildman–Crippen MR) is 128 cm³/mol. The molecule has 3 heterocycles. The van der Waals surface area contributed by atoms with Crippen molar-refractivity contribution in [3.63, 3.8) is 0 Å². The number of amides is 2. The quantitative estimate of drug-likeness (QED) is 0.518. The smallest absolute Gasteiger partial charge is 0.407 e. The van der Waals surface area contributed by atoms with E-state index in [9.17, 15) is 14.7 Å². The topological polar surface area (TPSA) is 113 Å². The lowest BCUT2D eigenvalue weighted by atomic mass is 9.93. The Kier molecular flexibility index (Phi) is 7.19. The summed E-state index contributed by atoms with van der Waals surface area (Å²) in [7, 11) is 0. The molecule has 4 rings (SSSR count). The molecule has 33 heavy (non-hydrogen) atoms. The number of thiazole rings is 1. The maximum atomic E-state index is 11.6. The average molecular weight is 466 g/mol. The van der Waals surface area contributed by atoms with Gasteiger partial charge in [-0.1, -0.05) is 12.1 Å². The number of carbonyl (C=O) groups is 2. The Balaban J connectivity index is 1.29. The van der Waals surface area contributed by atoms with Crippen molar-refractivity contribution < 1.29 is 14.7 Å². The first-order valence-electron chi connectivity index (χ1n) is 11.0. The minimum absolute atomic E-state index is 0.344. The largest absolute Gasteiger partial charge is 0.465 e. The first-order valence-corrected chi connectivity index (χ1v) is 11.9. The van der Waals surface area contributed by atoms with Crippen molar-refractivity contribution in [3.8, 4) is 11.1 Å². The Hall–Kier alpha value is -3.46. The van der Waals surface area contributed by atoms with Gasteiger partial charge < -0.3 is 20.6 Å². The van der Waals surface area contributed by atoms with Crippen LogP contribution in [-0.4, -0.2) is 51.6 Å². The molecule has 0 saturated carbocycles. The van der Waals surface area contributed by atoms with E-state index in [0.29, 0.717) is 24.6 Å². The molecule has 8 nitrogen and oxygen atoms in total. The lowest BCUT2D eigenvalue weighted by molar-refractivity contribution is 0.1000. The van der Waals surface area contributed by atoms with Crippen LogP contribution < -0.4 is 10.6 Å². The van der Waals surface area contributed by atoms with Crippen molar-refractivity contribution in [1.82, 2.24) is 14.9 Å². The van der Waals surface area contributed by atoms with Crippen molar-refractivity contribution in [2.45, 2.75) is 25.8 Å². The van der Waals surface area contributed by atoms with E-state index in [-0.39, 0.29) is 0 Å². The zero-order valence-electron chi connectivity index (χ0n) is 18.3. The van der Waals surface area contributed by atoms with Crippen LogP contribution in [0.25, 0.3) is 11.1 Å². The number of pyridine rings is 1. The first kappa shape index (κ1) is 22.7. The average Bonchev–Trinajstić information content (AvgIpc) is 3.35. The van der Waals surface area contributed by atoms with Crippen molar-refractivity contribution in [2.75, 3.05) is 24.5 Å². The lowest BCUT2D eigenvalue weighted by Gasteiger charge is -2.33. The second-order valence-electron chi connectivity index (χ2n) is 8.25. The van der Waals surface area contributed by atoms with Crippen molar-refractivity contribution >= 4 is 29.2 Å². The summed E-state index contributed by atoms with van der Waals surface area (Å²) in [6.45, 7) is 2.66. The molecule has 3 aromatic rings. The number of piperidine rings is 1. The number of carbonyl (C=O) groups excluding carboxylic acids is 1. The molecule has 2 amide bonds. The summed E-state index contributed by atoms with van der Waals surface area (Å²) in [4.78, 5) is 35.6. The van der Waals surface area contributed by atoms with Crippen LogP contribution in [0.15, 0.2) is 53.5 Å². The second-order valence-corrected chi connectivity index (χ2v) is 8.97. The van der Waals surface area contributed by atoms with Gasteiger partial charge in [0, 0.05) is 42.3 Å². The summed E-state index contributed by atoms with van der Waals surface area (Å²) < 4.78 is 0. The fourth-order valence-electron chi connectivity index (χ4n) is 4.14. The van der Waals surface area contributed by atoms with Gasteiger partial charge in [0.05, 0.1) is 17.7 Å². The van der Waals surface area contributed by atoms with Gasteiger partial charge in [-0.05, 0) is 55.0 Å². The summed E-state index contributed by atoms with van der Waals surface area (Å²) in [6.07, 6.45) is 3.80. The van der Waals surface area contributed by atoms with Gasteiger partial charge in [0.25, 0.3) is 0 Å². The molecule has 1 saturated heterocycles. The highest BCUT2D eigenvalue weighted by Crippen LogP contribution is 2.27. The molecule has 0 radical (unpaired) electrons. The molecular formula is C24H27N5O3S. The Morgan fingerprint density at radius 1 is 1.15 bits per heavy atom. The molecule has 2 aromatic heterocycles. The van der Waals surface area contributed by atoms with Crippen LogP contribution in [0, 0.1) is 5.92 Å². The SMILES string of the molecule is NC(=O)c1cccc(-c2ccc(N3CCC(CCN(Cc4cscn4)C(=O)O)CC3)nc2)c1. The molecule has 0 unspecified atom stereocenters. The van der Waals surface area contributed by atoms with Gasteiger partial charge in [-0.3, -0.25) is 4.79 Å². The summed E-state index contributed by atoms with van der Waals surface area (Å²) in [5.74, 6) is 0.979. The number of hydrogen-bond acceptors (Lipinski definition) is 6. The Labute approximate surface area is 196 Å². The Morgan fingerprint density at radius 2 is 1.97 bits per heavy atom. The third kappa shape index (κ3) is 5.87. The van der Waals surface area contributed by atoms with E-state index in [0.717, 1.165) is 55.0 Å². The number of carboxylic acid groups (broad SMARTS) is 1. The monoisotopic (exact) mass is 465 g/mol. The summed E-state index contributed by atoms with van der Waals surface area (Å²) in [5, 5.41) is 11.4. The molecule has 3 N–H and O–H groups in total. The highest BCUT2D eigenvalue weighted by molar-refractivity contribution is 7.07. The Bertz CT molecular complexity index is 1080. The number of aromatic nitrogens is 2.